The number of carbonyl (C=O) groups is 1. The Balaban J connectivity index is 1.29. The van der Waals surface area contributed by atoms with Gasteiger partial charge in [0.15, 0.2) is 11.5 Å². The number of oxazole rings is 1. The molecule has 0 radical (unpaired) electrons. The molecule has 0 bridgehead atoms. The predicted molar refractivity (Wildman–Crippen MR) is 124 cm³/mol. The van der Waals surface area contributed by atoms with E-state index < -0.39 is 0 Å². The molecule has 4 aliphatic rings. The molecule has 5 heterocycles. The van der Waals surface area contributed by atoms with E-state index >= 15 is 0 Å². The first-order valence-corrected chi connectivity index (χ1v) is 11.3. The van der Waals surface area contributed by atoms with E-state index in [0.717, 1.165) is 53.3 Å². The van der Waals surface area contributed by atoms with E-state index in [9.17, 15) is 4.79 Å². The summed E-state index contributed by atoms with van der Waals surface area (Å²) in [7, 11) is 0. The minimum atomic E-state index is -0.0502. The summed E-state index contributed by atoms with van der Waals surface area (Å²) in [4.78, 5) is 24.4. The van der Waals surface area contributed by atoms with Crippen LogP contribution in [0.3, 0.4) is 0 Å². The fourth-order valence-electron chi connectivity index (χ4n) is 5.14. The van der Waals surface area contributed by atoms with Crippen molar-refractivity contribution >= 4 is 22.6 Å². The van der Waals surface area contributed by atoms with Gasteiger partial charge >= 0.3 is 0 Å². The number of carbonyl (C=O) groups excluding carboxylic acids is 1. The van der Waals surface area contributed by atoms with Crippen molar-refractivity contribution in [2.75, 3.05) is 26.2 Å². The van der Waals surface area contributed by atoms with Crippen molar-refractivity contribution in [2.45, 2.75) is 25.8 Å². The topological polar surface area (TPSA) is 52.8 Å². The molecule has 1 amide bonds. The molecule has 6 nitrogen and oxygen atoms in total. The maximum atomic E-state index is 13.3. The van der Waals surface area contributed by atoms with E-state index in [1.54, 1.807) is 11.0 Å². The van der Waals surface area contributed by atoms with Crippen LogP contribution in [0.5, 0.6) is 0 Å². The van der Waals surface area contributed by atoms with Crippen LogP contribution in [-0.2, 0) is 4.79 Å². The Bertz CT molecular complexity index is 1250. The molecule has 2 saturated heterocycles. The van der Waals surface area contributed by atoms with Crippen molar-refractivity contribution in [3.05, 3.63) is 83.7 Å². The Hall–Kier alpha value is -3.38. The standard InChI is InChI=1S/C26H26N4O2/c1-18-27-24-10-7-20(14-25(24)32-18)19-4-2-5-21-8-9-23(17-30(21)26(31)15-19)29-13-12-28-11-3-6-22(28)16-29/h2,4-5,7-10,14-15,17,22H,3,6,11-13,16H2,1H3/b4-2?,19-15?,21-5+/t22-/m1/s1. The van der Waals surface area contributed by atoms with Crippen molar-refractivity contribution in [3.8, 4) is 0 Å². The summed E-state index contributed by atoms with van der Waals surface area (Å²) in [6, 6.07) is 6.51. The van der Waals surface area contributed by atoms with Crippen LogP contribution in [0.2, 0.25) is 0 Å². The second-order valence-electron chi connectivity index (χ2n) is 8.84. The molecule has 1 aromatic heterocycles. The highest BCUT2D eigenvalue weighted by Crippen LogP contribution is 2.29. The third kappa shape index (κ3) is 3.41. The quantitative estimate of drug-likeness (QED) is 0.727. The molecule has 162 valence electrons. The highest BCUT2D eigenvalue weighted by Gasteiger charge is 2.32. The molecule has 2 aromatic rings. The van der Waals surface area contributed by atoms with Gasteiger partial charge in [-0.1, -0.05) is 18.2 Å². The van der Waals surface area contributed by atoms with E-state index in [1.807, 2.05) is 55.6 Å². The third-order valence-corrected chi connectivity index (χ3v) is 6.80. The molecule has 0 spiro atoms. The van der Waals surface area contributed by atoms with Crippen LogP contribution in [-0.4, -0.2) is 57.8 Å². The lowest BCUT2D eigenvalue weighted by molar-refractivity contribution is -0.122. The summed E-state index contributed by atoms with van der Waals surface area (Å²) in [6.07, 6.45) is 16.4. The summed E-state index contributed by atoms with van der Waals surface area (Å²) >= 11 is 0. The number of fused-ring (bicyclic) bond motifs is 3. The average Bonchev–Trinajstić information content (AvgIpc) is 3.41. The fourth-order valence-corrected chi connectivity index (χ4v) is 5.14. The van der Waals surface area contributed by atoms with Crippen LogP contribution >= 0.6 is 0 Å². The molecule has 0 saturated carbocycles. The summed E-state index contributed by atoms with van der Waals surface area (Å²) in [6.45, 7) is 6.21. The van der Waals surface area contributed by atoms with Gasteiger partial charge < -0.3 is 9.32 Å². The number of allylic oxidation sites excluding steroid dienone is 6. The number of piperazine rings is 1. The first kappa shape index (κ1) is 19.3. The second kappa shape index (κ2) is 7.64. The molecular weight excluding hydrogens is 400 g/mol. The Morgan fingerprint density at radius 2 is 2.00 bits per heavy atom. The molecule has 0 aliphatic carbocycles. The van der Waals surface area contributed by atoms with Gasteiger partial charge in [0.2, 0.25) is 0 Å². The number of benzene rings is 1. The van der Waals surface area contributed by atoms with Gasteiger partial charge in [-0.05, 0) is 60.9 Å². The molecule has 1 aromatic carbocycles. The number of aromatic nitrogens is 1. The maximum absolute atomic E-state index is 13.3. The van der Waals surface area contributed by atoms with Crippen molar-refractivity contribution in [2.24, 2.45) is 0 Å². The summed E-state index contributed by atoms with van der Waals surface area (Å²) in [5, 5.41) is 0. The molecule has 6 rings (SSSR count). The molecule has 4 aliphatic heterocycles. The Kier molecular flexibility index (Phi) is 4.61. The van der Waals surface area contributed by atoms with E-state index in [1.165, 1.54) is 19.4 Å². The van der Waals surface area contributed by atoms with Crippen LogP contribution in [0.25, 0.3) is 16.7 Å². The van der Waals surface area contributed by atoms with Crippen molar-refractivity contribution in [1.29, 1.82) is 0 Å². The molecule has 1 atom stereocenters. The predicted octanol–water partition coefficient (Wildman–Crippen LogP) is 3.99. The van der Waals surface area contributed by atoms with Crippen LogP contribution in [0.15, 0.2) is 76.7 Å². The smallest absolute Gasteiger partial charge is 0.255 e. The molecule has 6 heteroatoms. The van der Waals surface area contributed by atoms with Crippen LogP contribution in [0.1, 0.15) is 24.3 Å². The van der Waals surface area contributed by atoms with E-state index in [2.05, 4.69) is 20.9 Å². The van der Waals surface area contributed by atoms with Crippen LogP contribution in [0.4, 0.5) is 0 Å². The molecule has 32 heavy (non-hydrogen) atoms. The Morgan fingerprint density at radius 1 is 1.09 bits per heavy atom. The first-order chi connectivity index (χ1) is 15.6. The number of hydrogen-bond donors (Lipinski definition) is 0. The molecule has 0 unspecified atom stereocenters. The lowest BCUT2D eigenvalue weighted by Gasteiger charge is -2.40. The monoisotopic (exact) mass is 426 g/mol. The van der Waals surface area contributed by atoms with Crippen molar-refractivity contribution < 1.29 is 9.21 Å². The van der Waals surface area contributed by atoms with Gasteiger partial charge in [-0.2, -0.15) is 0 Å². The van der Waals surface area contributed by atoms with Gasteiger partial charge in [0.05, 0.1) is 5.70 Å². The number of rotatable bonds is 2. The van der Waals surface area contributed by atoms with Crippen molar-refractivity contribution in [1.82, 2.24) is 19.7 Å². The van der Waals surface area contributed by atoms with E-state index in [4.69, 9.17) is 4.42 Å². The first-order valence-electron chi connectivity index (χ1n) is 11.3. The third-order valence-electron chi connectivity index (χ3n) is 6.80. The number of amides is 1. The zero-order valence-corrected chi connectivity index (χ0v) is 18.2. The summed E-state index contributed by atoms with van der Waals surface area (Å²) < 4.78 is 5.68. The second-order valence-corrected chi connectivity index (χ2v) is 8.84. The number of nitrogens with zero attached hydrogens (tertiary/aromatic N) is 4. The molecule has 0 N–H and O–H groups in total. The molecular formula is C26H26N4O2. The van der Waals surface area contributed by atoms with E-state index in [-0.39, 0.29) is 5.91 Å². The summed E-state index contributed by atoms with van der Waals surface area (Å²) in [5.41, 5.74) is 5.33. The van der Waals surface area contributed by atoms with Gasteiger partial charge in [-0.3, -0.25) is 14.6 Å². The maximum Gasteiger partial charge on any atom is 0.255 e. The van der Waals surface area contributed by atoms with Gasteiger partial charge in [0.25, 0.3) is 5.91 Å². The van der Waals surface area contributed by atoms with Crippen LogP contribution in [0, 0.1) is 6.92 Å². The fraction of sp³-hybridized carbons (Fsp3) is 0.308. The van der Waals surface area contributed by atoms with Gasteiger partial charge in [0, 0.05) is 50.6 Å². The Morgan fingerprint density at radius 3 is 2.94 bits per heavy atom. The zero-order chi connectivity index (χ0) is 21.7. The van der Waals surface area contributed by atoms with Gasteiger partial charge in [-0.15, -0.1) is 0 Å². The minimum absolute atomic E-state index is 0.0502. The van der Waals surface area contributed by atoms with Crippen LogP contribution < -0.4 is 0 Å². The lowest BCUT2D eigenvalue weighted by atomic mass is 10.0. The SMILES string of the molecule is Cc1nc2ccc(C3=CC(=O)N4C=C(N5CCN6CCC[C@@H]6C5)C=C/C4=C\C=C3)cc2o1. The minimum Gasteiger partial charge on any atom is -0.441 e. The van der Waals surface area contributed by atoms with Gasteiger partial charge in [-0.25, -0.2) is 4.98 Å². The molecule has 2 fully saturated rings. The largest absolute Gasteiger partial charge is 0.441 e. The zero-order valence-electron chi connectivity index (χ0n) is 18.2. The van der Waals surface area contributed by atoms with Crippen molar-refractivity contribution in [3.63, 3.8) is 0 Å². The Labute approximate surface area is 187 Å². The lowest BCUT2D eigenvalue weighted by Crippen LogP contribution is -2.49. The normalized spacial score (nSPS) is 25.1. The number of aryl methyl sites for hydroxylation is 1. The highest BCUT2D eigenvalue weighted by atomic mass is 16.3. The number of hydrogen-bond acceptors (Lipinski definition) is 5. The van der Waals surface area contributed by atoms with Gasteiger partial charge in [0.1, 0.15) is 5.52 Å². The highest BCUT2D eigenvalue weighted by molar-refractivity contribution is 6.00. The van der Waals surface area contributed by atoms with E-state index in [0.29, 0.717) is 11.9 Å². The summed E-state index contributed by atoms with van der Waals surface area (Å²) in [5.74, 6) is 0.588. The average molecular weight is 427 g/mol.